The lowest BCUT2D eigenvalue weighted by Gasteiger charge is -2.35. The number of hydrogen-bond donors (Lipinski definition) is 0. The summed E-state index contributed by atoms with van der Waals surface area (Å²) in [5.41, 5.74) is 0.523. The van der Waals surface area contributed by atoms with Gasteiger partial charge < -0.3 is 4.90 Å². The number of likely N-dealkylation sites (tertiary alicyclic amines) is 1. The molecule has 3 rings (SSSR count). The van der Waals surface area contributed by atoms with Crippen molar-refractivity contribution in [1.82, 2.24) is 14.5 Å². The van der Waals surface area contributed by atoms with Gasteiger partial charge >= 0.3 is 0 Å². The molecule has 5 nitrogen and oxygen atoms in total. The molecule has 0 bridgehead atoms. The first-order chi connectivity index (χ1) is 13.4. The van der Waals surface area contributed by atoms with Gasteiger partial charge in [0, 0.05) is 24.2 Å². The molecule has 1 saturated heterocycles. The number of fused-ring (bicyclic) bond motifs is 1. The average Bonchev–Trinajstić information content (AvgIpc) is 2.68. The van der Waals surface area contributed by atoms with Crippen LogP contribution in [0.3, 0.4) is 0 Å². The Labute approximate surface area is 175 Å². The minimum Gasteiger partial charge on any atom is -0.339 e. The van der Waals surface area contributed by atoms with E-state index in [4.69, 9.17) is 11.6 Å². The summed E-state index contributed by atoms with van der Waals surface area (Å²) in [6, 6.07) is 5.51. The zero-order valence-corrected chi connectivity index (χ0v) is 18.4. The van der Waals surface area contributed by atoms with Crippen molar-refractivity contribution in [3.8, 4) is 0 Å². The van der Waals surface area contributed by atoms with E-state index in [1.807, 2.05) is 4.90 Å². The molecule has 1 aliphatic rings. The monoisotopic (exact) mass is 421 g/mol. The third-order valence-corrected chi connectivity index (χ3v) is 6.37. The Balaban J connectivity index is 1.88. The number of amides is 1. The van der Waals surface area contributed by atoms with Gasteiger partial charge in [0.15, 0.2) is 5.16 Å². The van der Waals surface area contributed by atoms with Gasteiger partial charge in [-0.25, -0.2) is 4.98 Å². The van der Waals surface area contributed by atoms with Crippen LogP contribution in [0.5, 0.6) is 0 Å². The van der Waals surface area contributed by atoms with Gasteiger partial charge in [-0.05, 0) is 49.8 Å². The highest BCUT2D eigenvalue weighted by molar-refractivity contribution is 7.99. The first-order valence-electron chi connectivity index (χ1n) is 10.0. The van der Waals surface area contributed by atoms with Crippen molar-refractivity contribution in [2.45, 2.75) is 64.2 Å². The Morgan fingerprint density at radius 3 is 2.86 bits per heavy atom. The van der Waals surface area contributed by atoms with Gasteiger partial charge in [0.05, 0.1) is 16.7 Å². The van der Waals surface area contributed by atoms with Gasteiger partial charge in [-0.1, -0.05) is 44.1 Å². The molecule has 2 aromatic rings. The standard InChI is InChI=1S/C21H28ClN3O2S/c1-4-16-7-5-6-10-24(16)19(26)13-28-21-23-18-9-8-15(22)11-17(18)20(27)25(21)12-14(2)3/h8-9,11,14,16H,4-7,10,12-13H2,1-3H3/t16-/m1/s1. The van der Waals surface area contributed by atoms with E-state index in [0.29, 0.717) is 39.4 Å². The second-order valence-electron chi connectivity index (χ2n) is 7.80. The first kappa shape index (κ1) is 21.2. The molecule has 1 aromatic heterocycles. The highest BCUT2D eigenvalue weighted by Gasteiger charge is 2.25. The molecule has 1 amide bonds. The Morgan fingerprint density at radius 2 is 2.14 bits per heavy atom. The summed E-state index contributed by atoms with van der Waals surface area (Å²) in [6.07, 6.45) is 4.33. The quantitative estimate of drug-likeness (QED) is 0.505. The van der Waals surface area contributed by atoms with E-state index in [1.165, 1.54) is 18.2 Å². The molecule has 28 heavy (non-hydrogen) atoms. The molecule has 2 heterocycles. The summed E-state index contributed by atoms with van der Waals surface area (Å²) < 4.78 is 1.69. The van der Waals surface area contributed by atoms with E-state index in [-0.39, 0.29) is 17.4 Å². The van der Waals surface area contributed by atoms with Crippen molar-refractivity contribution in [1.29, 1.82) is 0 Å². The summed E-state index contributed by atoms with van der Waals surface area (Å²) >= 11 is 7.44. The van der Waals surface area contributed by atoms with Crippen LogP contribution in [-0.4, -0.2) is 38.7 Å². The highest BCUT2D eigenvalue weighted by atomic mass is 35.5. The smallest absolute Gasteiger partial charge is 0.262 e. The van der Waals surface area contributed by atoms with E-state index < -0.39 is 0 Å². The van der Waals surface area contributed by atoms with Crippen LogP contribution >= 0.6 is 23.4 Å². The van der Waals surface area contributed by atoms with E-state index in [2.05, 4.69) is 25.8 Å². The minimum absolute atomic E-state index is 0.0967. The van der Waals surface area contributed by atoms with Crippen molar-refractivity contribution in [3.05, 3.63) is 33.6 Å². The Hall–Kier alpha value is -1.53. The summed E-state index contributed by atoms with van der Waals surface area (Å²) in [5.74, 6) is 0.732. The normalized spacial score (nSPS) is 17.5. The maximum atomic E-state index is 13.0. The number of carbonyl (C=O) groups excluding carboxylic acids is 1. The van der Waals surface area contributed by atoms with E-state index in [9.17, 15) is 9.59 Å². The molecule has 0 spiro atoms. The molecule has 0 saturated carbocycles. The number of piperidine rings is 1. The van der Waals surface area contributed by atoms with Crippen LogP contribution in [0.1, 0.15) is 46.5 Å². The molecule has 1 aliphatic heterocycles. The van der Waals surface area contributed by atoms with Crippen LogP contribution in [0, 0.1) is 5.92 Å². The molecule has 1 fully saturated rings. The maximum absolute atomic E-state index is 13.0. The molecule has 1 atom stereocenters. The van der Waals surface area contributed by atoms with Crippen molar-refractivity contribution in [2.75, 3.05) is 12.3 Å². The summed E-state index contributed by atoms with van der Waals surface area (Å²) in [4.78, 5) is 32.6. The second-order valence-corrected chi connectivity index (χ2v) is 9.18. The van der Waals surface area contributed by atoms with Gasteiger partial charge in [-0.2, -0.15) is 0 Å². The minimum atomic E-state index is -0.0967. The zero-order valence-electron chi connectivity index (χ0n) is 16.8. The van der Waals surface area contributed by atoms with Crippen molar-refractivity contribution in [3.63, 3.8) is 0 Å². The fourth-order valence-electron chi connectivity index (χ4n) is 3.77. The van der Waals surface area contributed by atoms with Crippen LogP contribution in [0.2, 0.25) is 5.02 Å². The van der Waals surface area contributed by atoms with Crippen molar-refractivity contribution in [2.24, 2.45) is 5.92 Å². The van der Waals surface area contributed by atoms with Crippen LogP contribution in [0.15, 0.2) is 28.2 Å². The SMILES string of the molecule is CC[C@@H]1CCCCN1C(=O)CSc1nc2ccc(Cl)cc2c(=O)n1CC(C)C. The fraction of sp³-hybridized carbons (Fsp3) is 0.571. The lowest BCUT2D eigenvalue weighted by Crippen LogP contribution is -2.44. The predicted molar refractivity (Wildman–Crippen MR) is 116 cm³/mol. The third-order valence-electron chi connectivity index (χ3n) is 5.17. The van der Waals surface area contributed by atoms with Gasteiger partial charge in [-0.3, -0.25) is 14.2 Å². The summed E-state index contributed by atoms with van der Waals surface area (Å²) in [7, 11) is 0. The molecule has 7 heteroatoms. The van der Waals surface area contributed by atoms with E-state index in [0.717, 1.165) is 25.8 Å². The highest BCUT2D eigenvalue weighted by Crippen LogP contribution is 2.24. The molecular weight excluding hydrogens is 394 g/mol. The number of thioether (sulfide) groups is 1. The van der Waals surface area contributed by atoms with Gasteiger partial charge in [-0.15, -0.1) is 0 Å². The fourth-order valence-corrected chi connectivity index (χ4v) is 4.84. The lowest BCUT2D eigenvalue weighted by molar-refractivity contribution is -0.132. The largest absolute Gasteiger partial charge is 0.339 e. The van der Waals surface area contributed by atoms with Crippen LogP contribution in [-0.2, 0) is 11.3 Å². The molecular formula is C21H28ClN3O2S. The van der Waals surface area contributed by atoms with Crippen LogP contribution in [0.25, 0.3) is 10.9 Å². The Bertz CT molecular complexity index is 912. The average molecular weight is 422 g/mol. The van der Waals surface area contributed by atoms with E-state index >= 15 is 0 Å². The maximum Gasteiger partial charge on any atom is 0.262 e. The van der Waals surface area contributed by atoms with Crippen molar-refractivity contribution < 1.29 is 4.79 Å². The summed E-state index contributed by atoms with van der Waals surface area (Å²) in [6.45, 7) is 7.66. The van der Waals surface area contributed by atoms with Gasteiger partial charge in [0.1, 0.15) is 0 Å². The second kappa shape index (κ2) is 9.31. The zero-order chi connectivity index (χ0) is 20.3. The van der Waals surface area contributed by atoms with Crippen LogP contribution in [0.4, 0.5) is 0 Å². The number of carbonyl (C=O) groups is 1. The molecule has 1 aromatic carbocycles. The van der Waals surface area contributed by atoms with Gasteiger partial charge in [0.25, 0.3) is 5.56 Å². The number of halogens is 1. The topological polar surface area (TPSA) is 55.2 Å². The first-order valence-corrected chi connectivity index (χ1v) is 11.4. The molecule has 0 N–H and O–H groups in total. The lowest BCUT2D eigenvalue weighted by atomic mass is 10.0. The molecule has 0 unspecified atom stereocenters. The number of rotatable bonds is 6. The number of aromatic nitrogens is 2. The number of benzene rings is 1. The van der Waals surface area contributed by atoms with Crippen LogP contribution < -0.4 is 5.56 Å². The Morgan fingerprint density at radius 1 is 1.36 bits per heavy atom. The summed E-state index contributed by atoms with van der Waals surface area (Å²) in [5, 5.41) is 1.65. The number of nitrogens with zero attached hydrogens (tertiary/aromatic N) is 3. The predicted octanol–water partition coefficient (Wildman–Crippen LogP) is 4.59. The third kappa shape index (κ3) is 4.71. The molecule has 0 aliphatic carbocycles. The van der Waals surface area contributed by atoms with E-state index in [1.54, 1.807) is 22.8 Å². The molecule has 0 radical (unpaired) electrons. The number of hydrogen-bond acceptors (Lipinski definition) is 4. The van der Waals surface area contributed by atoms with Crippen molar-refractivity contribution >= 4 is 40.2 Å². The Kier molecular flexibility index (Phi) is 7.05. The van der Waals surface area contributed by atoms with Gasteiger partial charge in [0.2, 0.25) is 5.91 Å². The molecule has 152 valence electrons.